The highest BCUT2D eigenvalue weighted by molar-refractivity contribution is 6.32. The molecule has 0 saturated heterocycles. The van der Waals surface area contributed by atoms with E-state index in [1.807, 2.05) is 25.1 Å². The number of para-hydroxylation sites is 1. The van der Waals surface area contributed by atoms with Gasteiger partial charge in [-0.25, -0.2) is 4.68 Å². The third kappa shape index (κ3) is 4.83. The lowest BCUT2D eigenvalue weighted by atomic mass is 10.2. The van der Waals surface area contributed by atoms with Gasteiger partial charge in [-0.2, -0.15) is 5.10 Å². The molecular formula is C17H20ClN3O3. The van der Waals surface area contributed by atoms with Crippen LogP contribution in [0.5, 0.6) is 0 Å². The summed E-state index contributed by atoms with van der Waals surface area (Å²) in [6.07, 6.45) is 2.28. The fourth-order valence-electron chi connectivity index (χ4n) is 2.32. The second-order valence-corrected chi connectivity index (χ2v) is 5.90. The Morgan fingerprint density at radius 2 is 2.00 bits per heavy atom. The molecule has 0 saturated carbocycles. The third-order valence-electron chi connectivity index (χ3n) is 3.55. The van der Waals surface area contributed by atoms with E-state index in [0.29, 0.717) is 23.7 Å². The van der Waals surface area contributed by atoms with Crippen LogP contribution in [0.15, 0.2) is 30.3 Å². The van der Waals surface area contributed by atoms with E-state index >= 15 is 0 Å². The van der Waals surface area contributed by atoms with E-state index in [2.05, 4.69) is 10.4 Å². The average Bonchev–Trinajstić information content (AvgIpc) is 2.92. The van der Waals surface area contributed by atoms with Crippen molar-refractivity contribution in [1.82, 2.24) is 15.1 Å². The Bertz CT molecular complexity index is 728. The minimum atomic E-state index is -0.792. The Labute approximate surface area is 145 Å². The SMILES string of the molecule is Cc1cc(C(=O)NCCCCCC(=O)O)nn1-c1ccccc1Cl. The first-order chi connectivity index (χ1) is 11.5. The number of amides is 1. The van der Waals surface area contributed by atoms with Gasteiger partial charge in [-0.3, -0.25) is 9.59 Å². The molecule has 2 aromatic rings. The molecule has 0 radical (unpaired) electrons. The highest BCUT2D eigenvalue weighted by atomic mass is 35.5. The molecule has 0 atom stereocenters. The number of aromatic nitrogens is 2. The van der Waals surface area contributed by atoms with Gasteiger partial charge in [0.25, 0.3) is 5.91 Å². The number of nitrogens with zero attached hydrogens (tertiary/aromatic N) is 2. The maximum atomic E-state index is 12.2. The Hall–Kier alpha value is -2.34. The molecule has 1 aromatic heterocycles. The topological polar surface area (TPSA) is 84.2 Å². The van der Waals surface area contributed by atoms with Crippen molar-refractivity contribution in [1.29, 1.82) is 0 Å². The minimum absolute atomic E-state index is 0.162. The van der Waals surface area contributed by atoms with Crippen LogP contribution in [0.4, 0.5) is 0 Å². The van der Waals surface area contributed by atoms with Crippen molar-refractivity contribution in [3.8, 4) is 5.69 Å². The van der Waals surface area contributed by atoms with E-state index in [-0.39, 0.29) is 12.3 Å². The maximum absolute atomic E-state index is 12.2. The number of hydrogen-bond acceptors (Lipinski definition) is 3. The van der Waals surface area contributed by atoms with Gasteiger partial charge in [-0.1, -0.05) is 30.2 Å². The first kappa shape index (κ1) is 18.0. The van der Waals surface area contributed by atoms with E-state index in [4.69, 9.17) is 16.7 Å². The summed E-state index contributed by atoms with van der Waals surface area (Å²) in [5.74, 6) is -1.04. The first-order valence-electron chi connectivity index (χ1n) is 7.80. The van der Waals surface area contributed by atoms with Crippen molar-refractivity contribution < 1.29 is 14.7 Å². The minimum Gasteiger partial charge on any atom is -0.481 e. The van der Waals surface area contributed by atoms with Crippen LogP contribution >= 0.6 is 11.6 Å². The van der Waals surface area contributed by atoms with Crippen LogP contribution in [-0.2, 0) is 4.79 Å². The summed E-state index contributed by atoms with van der Waals surface area (Å²) in [7, 11) is 0. The van der Waals surface area contributed by atoms with E-state index < -0.39 is 5.97 Å². The molecule has 7 heteroatoms. The van der Waals surface area contributed by atoms with Crippen LogP contribution in [0.3, 0.4) is 0 Å². The zero-order valence-corrected chi connectivity index (χ0v) is 14.2. The molecule has 0 aliphatic rings. The number of nitrogens with one attached hydrogen (secondary N) is 1. The number of carbonyl (C=O) groups excluding carboxylic acids is 1. The normalized spacial score (nSPS) is 10.6. The van der Waals surface area contributed by atoms with Gasteiger partial charge in [0.15, 0.2) is 5.69 Å². The average molecular weight is 350 g/mol. The van der Waals surface area contributed by atoms with Crippen LogP contribution in [0, 0.1) is 6.92 Å². The molecule has 0 fully saturated rings. The number of rotatable bonds is 8. The van der Waals surface area contributed by atoms with Gasteiger partial charge < -0.3 is 10.4 Å². The number of halogens is 1. The molecule has 24 heavy (non-hydrogen) atoms. The predicted octanol–water partition coefficient (Wildman–Crippen LogP) is 3.21. The van der Waals surface area contributed by atoms with Gasteiger partial charge in [0.2, 0.25) is 0 Å². The Balaban J connectivity index is 1.91. The van der Waals surface area contributed by atoms with Crippen LogP contribution in [0.25, 0.3) is 5.69 Å². The van der Waals surface area contributed by atoms with E-state index in [1.165, 1.54) is 0 Å². The van der Waals surface area contributed by atoms with Crippen molar-refractivity contribution >= 4 is 23.5 Å². The van der Waals surface area contributed by atoms with Crippen molar-refractivity contribution in [2.45, 2.75) is 32.6 Å². The fraction of sp³-hybridized carbons (Fsp3) is 0.353. The molecule has 0 aliphatic heterocycles. The van der Waals surface area contributed by atoms with Gasteiger partial charge in [0.1, 0.15) is 0 Å². The first-order valence-corrected chi connectivity index (χ1v) is 8.18. The standard InChI is InChI=1S/C17H20ClN3O3/c1-12-11-14(17(24)19-10-6-2-3-9-16(22)23)20-21(12)15-8-5-4-7-13(15)18/h4-5,7-8,11H,2-3,6,9-10H2,1H3,(H,19,24)(H,22,23). The number of carboxylic acid groups (broad SMARTS) is 1. The van der Waals surface area contributed by atoms with Gasteiger partial charge in [-0.05, 0) is 38.0 Å². The van der Waals surface area contributed by atoms with Gasteiger partial charge in [-0.15, -0.1) is 0 Å². The van der Waals surface area contributed by atoms with E-state index in [1.54, 1.807) is 16.8 Å². The third-order valence-corrected chi connectivity index (χ3v) is 3.87. The van der Waals surface area contributed by atoms with Crippen LogP contribution in [-0.4, -0.2) is 33.3 Å². The van der Waals surface area contributed by atoms with Crippen molar-refractivity contribution in [2.75, 3.05) is 6.54 Å². The maximum Gasteiger partial charge on any atom is 0.303 e. The molecule has 0 unspecified atom stereocenters. The Morgan fingerprint density at radius 1 is 1.25 bits per heavy atom. The molecule has 6 nitrogen and oxygen atoms in total. The van der Waals surface area contributed by atoms with E-state index in [9.17, 15) is 9.59 Å². The summed E-state index contributed by atoms with van der Waals surface area (Å²) >= 11 is 6.17. The number of carbonyl (C=O) groups is 2. The molecule has 2 N–H and O–H groups in total. The highest BCUT2D eigenvalue weighted by Crippen LogP contribution is 2.21. The smallest absolute Gasteiger partial charge is 0.303 e. The van der Waals surface area contributed by atoms with Crippen LogP contribution in [0.2, 0.25) is 5.02 Å². The number of benzene rings is 1. The summed E-state index contributed by atoms with van der Waals surface area (Å²) in [6, 6.07) is 9.02. The van der Waals surface area contributed by atoms with E-state index in [0.717, 1.165) is 24.2 Å². The van der Waals surface area contributed by atoms with Crippen molar-refractivity contribution in [2.24, 2.45) is 0 Å². The zero-order chi connectivity index (χ0) is 17.5. The van der Waals surface area contributed by atoms with Gasteiger partial charge >= 0.3 is 5.97 Å². The fourth-order valence-corrected chi connectivity index (χ4v) is 2.54. The Morgan fingerprint density at radius 3 is 2.71 bits per heavy atom. The molecule has 1 heterocycles. The summed E-state index contributed by atoms with van der Waals surface area (Å²) < 4.78 is 1.64. The lowest BCUT2D eigenvalue weighted by Crippen LogP contribution is -2.25. The summed E-state index contributed by atoms with van der Waals surface area (Å²) in [6.45, 7) is 2.36. The summed E-state index contributed by atoms with van der Waals surface area (Å²) in [5.41, 5.74) is 1.87. The predicted molar refractivity (Wildman–Crippen MR) is 91.7 cm³/mol. The molecule has 1 amide bonds. The monoisotopic (exact) mass is 349 g/mol. The number of aryl methyl sites for hydroxylation is 1. The van der Waals surface area contributed by atoms with Gasteiger partial charge in [0.05, 0.1) is 10.7 Å². The number of hydrogen-bond donors (Lipinski definition) is 2. The Kier molecular flexibility index (Phi) is 6.37. The largest absolute Gasteiger partial charge is 0.481 e. The quantitative estimate of drug-likeness (QED) is 0.717. The molecule has 2 rings (SSSR count). The number of carboxylic acids is 1. The second-order valence-electron chi connectivity index (χ2n) is 5.49. The lowest BCUT2D eigenvalue weighted by molar-refractivity contribution is -0.137. The van der Waals surface area contributed by atoms with Crippen LogP contribution < -0.4 is 5.32 Å². The summed E-state index contributed by atoms with van der Waals surface area (Å²) in [5, 5.41) is 16.2. The number of aliphatic carboxylic acids is 1. The molecule has 0 bridgehead atoms. The summed E-state index contributed by atoms with van der Waals surface area (Å²) in [4.78, 5) is 22.6. The molecule has 1 aromatic carbocycles. The van der Waals surface area contributed by atoms with Crippen molar-refractivity contribution in [3.63, 3.8) is 0 Å². The number of unbranched alkanes of at least 4 members (excludes halogenated alkanes) is 2. The molecule has 128 valence electrons. The molecule has 0 spiro atoms. The van der Waals surface area contributed by atoms with Gasteiger partial charge in [0, 0.05) is 18.7 Å². The lowest BCUT2D eigenvalue weighted by Gasteiger charge is -2.06. The zero-order valence-electron chi connectivity index (χ0n) is 13.5. The highest BCUT2D eigenvalue weighted by Gasteiger charge is 2.14. The second kappa shape index (κ2) is 8.49. The molecule has 0 aliphatic carbocycles. The van der Waals surface area contributed by atoms with Crippen molar-refractivity contribution in [3.05, 3.63) is 46.7 Å². The van der Waals surface area contributed by atoms with Crippen LogP contribution in [0.1, 0.15) is 41.9 Å². The molecular weight excluding hydrogens is 330 g/mol.